The molecule has 0 unspecified atom stereocenters. The molecule has 31 heavy (non-hydrogen) atoms. The Hall–Kier alpha value is -3.04. The topological polar surface area (TPSA) is 60.8 Å². The Labute approximate surface area is 184 Å². The number of hydrogen-bond acceptors (Lipinski definition) is 6. The van der Waals surface area contributed by atoms with Gasteiger partial charge in [-0.1, -0.05) is 40.7 Å². The van der Waals surface area contributed by atoms with Crippen molar-refractivity contribution >= 4 is 35.5 Å². The number of halogens is 4. The number of oxime groups is 1. The first-order chi connectivity index (χ1) is 14.8. The molecule has 1 aromatic heterocycles. The molecule has 0 aliphatic heterocycles. The number of carbonyl (C=O) groups is 1. The van der Waals surface area contributed by atoms with Gasteiger partial charge >= 0.3 is 12.1 Å². The molecule has 160 valence electrons. The van der Waals surface area contributed by atoms with Gasteiger partial charge in [-0.05, 0) is 42.5 Å². The molecular weight excluding hydrogens is 453 g/mol. The second kappa shape index (κ2) is 9.84. The summed E-state index contributed by atoms with van der Waals surface area (Å²) in [6, 6.07) is 13.9. The van der Waals surface area contributed by atoms with E-state index in [0.717, 1.165) is 24.0 Å². The lowest BCUT2D eigenvalue weighted by Crippen LogP contribution is -2.07. The van der Waals surface area contributed by atoms with E-state index >= 15 is 0 Å². The Bertz CT molecular complexity index is 1110. The number of benzene rings is 2. The van der Waals surface area contributed by atoms with Gasteiger partial charge < -0.3 is 9.57 Å². The van der Waals surface area contributed by atoms with Gasteiger partial charge in [0.05, 0.1) is 24.6 Å². The Balaban J connectivity index is 1.85. The Kier molecular flexibility index (Phi) is 7.19. The Morgan fingerprint density at radius 2 is 1.87 bits per heavy atom. The lowest BCUT2D eigenvalue weighted by atomic mass is 10.2. The van der Waals surface area contributed by atoms with Gasteiger partial charge in [0.1, 0.15) is 11.3 Å². The van der Waals surface area contributed by atoms with Crippen molar-refractivity contribution < 1.29 is 27.5 Å². The van der Waals surface area contributed by atoms with Crippen molar-refractivity contribution in [1.29, 1.82) is 0 Å². The van der Waals surface area contributed by atoms with Crippen LogP contribution in [0.1, 0.15) is 21.6 Å². The molecule has 0 saturated heterocycles. The van der Waals surface area contributed by atoms with Crippen LogP contribution in [0.25, 0.3) is 0 Å². The van der Waals surface area contributed by atoms with Crippen molar-refractivity contribution in [3.05, 3.63) is 82.6 Å². The largest absolute Gasteiger partial charge is 0.496 e. The van der Waals surface area contributed by atoms with Gasteiger partial charge in [0.25, 0.3) is 0 Å². The first-order valence-corrected chi connectivity index (χ1v) is 9.86. The zero-order valence-corrected chi connectivity index (χ0v) is 17.5. The number of ether oxygens (including phenoxy) is 1. The van der Waals surface area contributed by atoms with Crippen LogP contribution < -0.4 is 4.74 Å². The maximum absolute atomic E-state index is 13.1. The van der Waals surface area contributed by atoms with Crippen LogP contribution >= 0.6 is 23.4 Å². The molecule has 10 heteroatoms. The molecule has 0 aliphatic carbocycles. The van der Waals surface area contributed by atoms with Crippen molar-refractivity contribution in [2.24, 2.45) is 5.16 Å². The van der Waals surface area contributed by atoms with E-state index in [9.17, 15) is 18.0 Å². The van der Waals surface area contributed by atoms with Gasteiger partial charge in [-0.15, -0.1) is 0 Å². The molecule has 1 heterocycles. The quantitative estimate of drug-likeness (QED) is 0.249. The molecule has 3 aromatic rings. The van der Waals surface area contributed by atoms with Crippen molar-refractivity contribution in [2.45, 2.75) is 16.0 Å². The van der Waals surface area contributed by atoms with Gasteiger partial charge in [0.15, 0.2) is 0 Å². The summed E-state index contributed by atoms with van der Waals surface area (Å²) in [5.74, 6) is -0.484. The third kappa shape index (κ3) is 5.99. The Morgan fingerprint density at radius 3 is 2.55 bits per heavy atom. The SMILES string of the molecule is COc1ccccc1C(=O)O/N=C\c1ncc(C(F)(F)F)cc1Sc1ccc(Cl)cc1. The van der Waals surface area contributed by atoms with E-state index in [4.69, 9.17) is 21.2 Å². The summed E-state index contributed by atoms with van der Waals surface area (Å²) in [6.45, 7) is 0. The molecular formula is C21H14ClF3N2O3S. The van der Waals surface area contributed by atoms with Gasteiger partial charge in [0.2, 0.25) is 0 Å². The second-order valence-electron chi connectivity index (χ2n) is 5.97. The average molecular weight is 467 g/mol. The monoisotopic (exact) mass is 466 g/mol. The van der Waals surface area contributed by atoms with Crippen molar-refractivity contribution in [3.8, 4) is 5.75 Å². The maximum Gasteiger partial charge on any atom is 0.417 e. The number of nitrogens with zero attached hydrogens (tertiary/aromatic N) is 2. The number of carbonyl (C=O) groups excluding carboxylic acids is 1. The zero-order valence-electron chi connectivity index (χ0n) is 15.9. The summed E-state index contributed by atoms with van der Waals surface area (Å²) in [5.41, 5.74) is -0.661. The number of rotatable bonds is 6. The predicted octanol–water partition coefficient (Wildman–Crippen LogP) is 6.10. The molecule has 0 fully saturated rings. The van der Waals surface area contributed by atoms with Gasteiger partial charge in [-0.2, -0.15) is 13.2 Å². The zero-order chi connectivity index (χ0) is 22.4. The van der Waals surface area contributed by atoms with E-state index < -0.39 is 17.7 Å². The number of pyridine rings is 1. The number of hydrogen-bond donors (Lipinski definition) is 0. The van der Waals surface area contributed by atoms with Crippen molar-refractivity contribution in [1.82, 2.24) is 4.98 Å². The van der Waals surface area contributed by atoms with E-state index in [1.807, 2.05) is 0 Å². The van der Waals surface area contributed by atoms with Crippen LogP contribution in [0.3, 0.4) is 0 Å². The first kappa shape index (κ1) is 22.6. The first-order valence-electron chi connectivity index (χ1n) is 8.66. The second-order valence-corrected chi connectivity index (χ2v) is 7.53. The van der Waals surface area contributed by atoms with Gasteiger partial charge in [-0.3, -0.25) is 4.98 Å². The summed E-state index contributed by atoms with van der Waals surface area (Å²) in [7, 11) is 1.40. The molecule has 0 bridgehead atoms. The number of alkyl halides is 3. The van der Waals surface area contributed by atoms with Crippen LogP contribution in [-0.4, -0.2) is 24.3 Å². The summed E-state index contributed by atoms with van der Waals surface area (Å²) >= 11 is 6.89. The van der Waals surface area contributed by atoms with Crippen LogP contribution in [-0.2, 0) is 11.0 Å². The highest BCUT2D eigenvalue weighted by molar-refractivity contribution is 7.99. The molecule has 5 nitrogen and oxygen atoms in total. The normalized spacial score (nSPS) is 11.5. The van der Waals surface area contributed by atoms with Crippen LogP contribution in [0, 0.1) is 0 Å². The van der Waals surface area contributed by atoms with Crippen LogP contribution in [0.15, 0.2) is 75.7 Å². The molecule has 0 atom stereocenters. The van der Waals surface area contributed by atoms with E-state index in [-0.39, 0.29) is 16.2 Å². The lowest BCUT2D eigenvalue weighted by Gasteiger charge is -2.10. The van der Waals surface area contributed by atoms with Gasteiger partial charge in [-0.25, -0.2) is 4.79 Å². The summed E-state index contributed by atoms with van der Waals surface area (Å²) in [4.78, 5) is 21.7. The Morgan fingerprint density at radius 1 is 1.16 bits per heavy atom. The van der Waals surface area contributed by atoms with Crippen LogP contribution in [0.2, 0.25) is 5.02 Å². The smallest absolute Gasteiger partial charge is 0.417 e. The molecule has 0 amide bonds. The fourth-order valence-electron chi connectivity index (χ4n) is 2.41. The molecule has 0 spiro atoms. The summed E-state index contributed by atoms with van der Waals surface area (Å²) < 4.78 is 44.5. The van der Waals surface area contributed by atoms with Gasteiger partial charge in [0, 0.05) is 21.0 Å². The fourth-order valence-corrected chi connectivity index (χ4v) is 3.45. The summed E-state index contributed by atoms with van der Waals surface area (Å²) in [5, 5.41) is 4.09. The molecule has 0 aliphatic rings. The van der Waals surface area contributed by atoms with E-state index in [1.165, 1.54) is 13.2 Å². The number of aromatic nitrogens is 1. The maximum atomic E-state index is 13.1. The number of methoxy groups -OCH3 is 1. The summed E-state index contributed by atoms with van der Waals surface area (Å²) in [6.07, 6.45) is -2.80. The molecule has 2 aromatic carbocycles. The van der Waals surface area contributed by atoms with E-state index in [0.29, 0.717) is 21.9 Å². The number of para-hydroxylation sites is 1. The minimum absolute atomic E-state index is 0.0979. The van der Waals surface area contributed by atoms with Crippen LogP contribution in [0.4, 0.5) is 13.2 Å². The molecule has 0 N–H and O–H groups in total. The lowest BCUT2D eigenvalue weighted by molar-refractivity contribution is -0.138. The minimum Gasteiger partial charge on any atom is -0.496 e. The fraction of sp³-hybridized carbons (Fsp3) is 0.0952. The van der Waals surface area contributed by atoms with Crippen molar-refractivity contribution in [3.63, 3.8) is 0 Å². The standard InChI is InChI=1S/C21H14ClF3N2O3S/c1-29-18-5-3-2-4-16(18)20(28)30-27-12-17-19(10-13(11-26-17)21(23,24)25)31-15-8-6-14(22)7-9-15/h2-12H,1H3/b27-12-. The third-order valence-corrected chi connectivity index (χ3v) is 5.19. The molecule has 0 saturated carbocycles. The van der Waals surface area contributed by atoms with Crippen LogP contribution in [0.5, 0.6) is 5.75 Å². The molecule has 0 radical (unpaired) electrons. The van der Waals surface area contributed by atoms with E-state index in [1.54, 1.807) is 42.5 Å². The molecule has 3 rings (SSSR count). The highest BCUT2D eigenvalue weighted by Gasteiger charge is 2.31. The van der Waals surface area contributed by atoms with Crippen molar-refractivity contribution in [2.75, 3.05) is 7.11 Å². The predicted molar refractivity (Wildman–Crippen MR) is 111 cm³/mol. The average Bonchev–Trinajstić information content (AvgIpc) is 2.75. The minimum atomic E-state index is -4.56. The highest BCUT2D eigenvalue weighted by atomic mass is 35.5. The van der Waals surface area contributed by atoms with E-state index in [2.05, 4.69) is 10.1 Å². The third-order valence-electron chi connectivity index (χ3n) is 3.89. The highest BCUT2D eigenvalue weighted by Crippen LogP contribution is 2.35.